The highest BCUT2D eigenvalue weighted by Gasteiger charge is 2.03. The maximum Gasteiger partial charge on any atom is 0.0771 e. The quantitative estimate of drug-likeness (QED) is 0.542. The number of allylic oxidation sites excluding steroid dienone is 1. The van der Waals surface area contributed by atoms with Crippen molar-refractivity contribution in [2.75, 3.05) is 0 Å². The molecule has 0 bridgehead atoms. The SMILES string of the molecule is CC/C=C/C(C)(C)O. The summed E-state index contributed by atoms with van der Waals surface area (Å²) in [4.78, 5) is 0. The van der Waals surface area contributed by atoms with Gasteiger partial charge in [-0.25, -0.2) is 0 Å². The third-order valence-corrected chi connectivity index (χ3v) is 0.761. The van der Waals surface area contributed by atoms with Crippen molar-refractivity contribution in [3.05, 3.63) is 12.2 Å². The van der Waals surface area contributed by atoms with E-state index in [0.717, 1.165) is 6.42 Å². The van der Waals surface area contributed by atoms with Gasteiger partial charge in [0.25, 0.3) is 0 Å². The highest BCUT2D eigenvalue weighted by Crippen LogP contribution is 2.02. The van der Waals surface area contributed by atoms with Crippen LogP contribution in [0.15, 0.2) is 12.2 Å². The Morgan fingerprint density at radius 3 is 2.12 bits per heavy atom. The first kappa shape index (κ1) is 7.70. The lowest BCUT2D eigenvalue weighted by Crippen LogP contribution is -2.13. The van der Waals surface area contributed by atoms with Crippen LogP contribution in [0.3, 0.4) is 0 Å². The molecule has 0 unspecified atom stereocenters. The lowest BCUT2D eigenvalue weighted by atomic mass is 10.1. The number of rotatable bonds is 2. The van der Waals surface area contributed by atoms with Gasteiger partial charge in [-0.1, -0.05) is 19.1 Å². The number of aliphatic hydroxyl groups is 1. The lowest BCUT2D eigenvalue weighted by Gasteiger charge is -2.09. The molecule has 0 amide bonds. The summed E-state index contributed by atoms with van der Waals surface area (Å²) in [6.45, 7) is 5.57. The first-order chi connectivity index (χ1) is 3.56. The molecule has 0 aromatic heterocycles. The minimum atomic E-state index is -0.629. The zero-order valence-electron chi connectivity index (χ0n) is 5.81. The van der Waals surface area contributed by atoms with Gasteiger partial charge in [-0.3, -0.25) is 0 Å². The average Bonchev–Trinajstić information content (AvgIpc) is 1.59. The van der Waals surface area contributed by atoms with E-state index in [-0.39, 0.29) is 0 Å². The molecule has 0 aromatic rings. The van der Waals surface area contributed by atoms with Gasteiger partial charge in [0.1, 0.15) is 0 Å². The molecule has 0 rings (SSSR count). The Morgan fingerprint density at radius 2 is 2.00 bits per heavy atom. The van der Waals surface area contributed by atoms with Crippen LogP contribution >= 0.6 is 0 Å². The second-order valence-corrected chi connectivity index (χ2v) is 2.46. The van der Waals surface area contributed by atoms with Crippen molar-refractivity contribution in [3.8, 4) is 0 Å². The van der Waals surface area contributed by atoms with E-state index in [9.17, 15) is 0 Å². The van der Waals surface area contributed by atoms with Crippen molar-refractivity contribution in [1.29, 1.82) is 0 Å². The van der Waals surface area contributed by atoms with E-state index in [1.54, 1.807) is 19.9 Å². The first-order valence-corrected chi connectivity index (χ1v) is 2.96. The summed E-state index contributed by atoms with van der Waals surface area (Å²) in [5.74, 6) is 0. The average molecular weight is 114 g/mol. The van der Waals surface area contributed by atoms with Crippen LogP contribution in [-0.4, -0.2) is 10.7 Å². The van der Waals surface area contributed by atoms with Crippen LogP contribution < -0.4 is 0 Å². The monoisotopic (exact) mass is 114 g/mol. The van der Waals surface area contributed by atoms with Crippen LogP contribution in [0.2, 0.25) is 0 Å². The smallest absolute Gasteiger partial charge is 0.0771 e. The fourth-order valence-electron chi connectivity index (χ4n) is 0.406. The molecule has 0 saturated carbocycles. The Bertz CT molecular complexity index is 76.9. The highest BCUT2D eigenvalue weighted by molar-refractivity contribution is 4.94. The standard InChI is InChI=1S/C7H14O/c1-4-5-6-7(2,3)8/h5-6,8H,4H2,1-3H3/b6-5+. The molecule has 0 aliphatic carbocycles. The van der Waals surface area contributed by atoms with Gasteiger partial charge in [0, 0.05) is 0 Å². The summed E-state index contributed by atoms with van der Waals surface area (Å²) in [5.41, 5.74) is -0.629. The van der Waals surface area contributed by atoms with Crippen molar-refractivity contribution in [1.82, 2.24) is 0 Å². The minimum absolute atomic E-state index is 0.629. The molecular formula is C7H14O. The van der Waals surface area contributed by atoms with Gasteiger partial charge < -0.3 is 5.11 Å². The van der Waals surface area contributed by atoms with Crippen LogP contribution in [0.5, 0.6) is 0 Å². The Labute approximate surface area is 51.0 Å². The molecule has 0 heterocycles. The Morgan fingerprint density at radius 1 is 1.50 bits per heavy atom. The predicted molar refractivity (Wildman–Crippen MR) is 35.7 cm³/mol. The molecule has 0 radical (unpaired) electrons. The van der Waals surface area contributed by atoms with Crippen molar-refractivity contribution in [3.63, 3.8) is 0 Å². The third kappa shape index (κ3) is 5.70. The summed E-state index contributed by atoms with van der Waals surface area (Å²) in [6.07, 6.45) is 4.75. The molecule has 0 aromatic carbocycles. The van der Waals surface area contributed by atoms with Gasteiger partial charge in [-0.05, 0) is 20.3 Å². The molecule has 0 saturated heterocycles. The zero-order chi connectivity index (χ0) is 6.62. The fraction of sp³-hybridized carbons (Fsp3) is 0.714. The van der Waals surface area contributed by atoms with Crippen LogP contribution in [0.1, 0.15) is 27.2 Å². The Hall–Kier alpha value is -0.300. The van der Waals surface area contributed by atoms with Crippen molar-refractivity contribution in [2.45, 2.75) is 32.8 Å². The van der Waals surface area contributed by atoms with Crippen LogP contribution in [0.4, 0.5) is 0 Å². The molecule has 8 heavy (non-hydrogen) atoms. The molecule has 0 aliphatic heterocycles. The molecular weight excluding hydrogens is 100 g/mol. The van der Waals surface area contributed by atoms with Gasteiger partial charge in [0.2, 0.25) is 0 Å². The fourth-order valence-corrected chi connectivity index (χ4v) is 0.406. The van der Waals surface area contributed by atoms with Gasteiger partial charge in [-0.15, -0.1) is 0 Å². The van der Waals surface area contributed by atoms with Gasteiger partial charge >= 0.3 is 0 Å². The van der Waals surface area contributed by atoms with Crippen LogP contribution in [-0.2, 0) is 0 Å². The molecule has 0 fully saturated rings. The van der Waals surface area contributed by atoms with E-state index < -0.39 is 5.60 Å². The topological polar surface area (TPSA) is 20.2 Å². The van der Waals surface area contributed by atoms with Crippen molar-refractivity contribution >= 4 is 0 Å². The van der Waals surface area contributed by atoms with E-state index in [0.29, 0.717) is 0 Å². The lowest BCUT2D eigenvalue weighted by molar-refractivity contribution is 0.133. The molecule has 0 aliphatic rings. The summed E-state index contributed by atoms with van der Waals surface area (Å²) in [6, 6.07) is 0. The van der Waals surface area contributed by atoms with E-state index in [1.807, 2.05) is 13.0 Å². The van der Waals surface area contributed by atoms with E-state index in [4.69, 9.17) is 5.11 Å². The predicted octanol–water partition coefficient (Wildman–Crippen LogP) is 1.72. The van der Waals surface area contributed by atoms with Gasteiger partial charge in [0.05, 0.1) is 5.60 Å². The summed E-state index contributed by atoms with van der Waals surface area (Å²) >= 11 is 0. The maximum atomic E-state index is 9.06. The molecule has 0 spiro atoms. The van der Waals surface area contributed by atoms with E-state index in [2.05, 4.69) is 0 Å². The van der Waals surface area contributed by atoms with Crippen LogP contribution in [0.25, 0.3) is 0 Å². The van der Waals surface area contributed by atoms with Crippen molar-refractivity contribution in [2.24, 2.45) is 0 Å². The second-order valence-electron chi connectivity index (χ2n) is 2.46. The number of hydrogen-bond acceptors (Lipinski definition) is 1. The van der Waals surface area contributed by atoms with E-state index in [1.165, 1.54) is 0 Å². The molecule has 1 nitrogen and oxygen atoms in total. The Balaban J connectivity index is 3.52. The van der Waals surface area contributed by atoms with Gasteiger partial charge in [0.15, 0.2) is 0 Å². The first-order valence-electron chi connectivity index (χ1n) is 2.96. The van der Waals surface area contributed by atoms with Crippen LogP contribution in [0, 0.1) is 0 Å². The summed E-state index contributed by atoms with van der Waals surface area (Å²) < 4.78 is 0. The molecule has 0 atom stereocenters. The molecule has 1 N–H and O–H groups in total. The van der Waals surface area contributed by atoms with Gasteiger partial charge in [-0.2, -0.15) is 0 Å². The zero-order valence-corrected chi connectivity index (χ0v) is 5.81. The normalized spacial score (nSPS) is 13.0. The molecule has 1 heteroatoms. The summed E-state index contributed by atoms with van der Waals surface area (Å²) in [5, 5.41) is 9.06. The highest BCUT2D eigenvalue weighted by atomic mass is 16.3. The van der Waals surface area contributed by atoms with E-state index >= 15 is 0 Å². The largest absolute Gasteiger partial charge is 0.386 e. The number of hydrogen-bond donors (Lipinski definition) is 1. The third-order valence-electron chi connectivity index (χ3n) is 0.761. The second kappa shape index (κ2) is 2.88. The van der Waals surface area contributed by atoms with Crippen molar-refractivity contribution < 1.29 is 5.11 Å². The minimum Gasteiger partial charge on any atom is -0.386 e. The molecule has 48 valence electrons. The Kier molecular flexibility index (Phi) is 2.77. The summed E-state index contributed by atoms with van der Waals surface area (Å²) in [7, 11) is 0. The maximum absolute atomic E-state index is 9.06.